The fourth-order valence-electron chi connectivity index (χ4n) is 5.35. The second-order valence-corrected chi connectivity index (χ2v) is 10.6. The predicted octanol–water partition coefficient (Wildman–Crippen LogP) is 3.25. The summed E-state index contributed by atoms with van der Waals surface area (Å²) in [5, 5.41) is 8.11. The van der Waals surface area contributed by atoms with E-state index in [0.29, 0.717) is 38.9 Å². The molecule has 2 atom stereocenters. The fraction of sp³-hybridized carbons (Fsp3) is 0.552. The van der Waals surface area contributed by atoms with E-state index in [1.54, 1.807) is 4.90 Å². The summed E-state index contributed by atoms with van der Waals surface area (Å²) in [6, 6.07) is 12.9. The van der Waals surface area contributed by atoms with E-state index in [1.165, 1.54) is 0 Å². The van der Waals surface area contributed by atoms with Crippen molar-refractivity contribution in [2.75, 3.05) is 19.6 Å². The molecule has 7 heteroatoms. The average Bonchev–Trinajstić information content (AvgIpc) is 3.33. The van der Waals surface area contributed by atoms with Crippen molar-refractivity contribution in [1.82, 2.24) is 15.5 Å². The summed E-state index contributed by atoms with van der Waals surface area (Å²) < 4.78 is 0. The van der Waals surface area contributed by atoms with E-state index in [0.717, 1.165) is 22.8 Å². The van der Waals surface area contributed by atoms with Crippen LogP contribution < -0.4 is 16.4 Å². The Morgan fingerprint density at radius 2 is 1.72 bits per heavy atom. The van der Waals surface area contributed by atoms with Gasteiger partial charge in [-0.1, -0.05) is 70.2 Å². The largest absolute Gasteiger partial charge is 0.354 e. The summed E-state index contributed by atoms with van der Waals surface area (Å²) in [6.07, 6.45) is 2.42. The lowest BCUT2D eigenvalue weighted by Crippen LogP contribution is -2.55. The predicted molar refractivity (Wildman–Crippen MR) is 144 cm³/mol. The van der Waals surface area contributed by atoms with Crippen LogP contribution >= 0.6 is 0 Å². The van der Waals surface area contributed by atoms with E-state index in [9.17, 15) is 14.4 Å². The number of fused-ring (bicyclic) bond motifs is 1. The van der Waals surface area contributed by atoms with Crippen molar-refractivity contribution in [1.29, 1.82) is 0 Å². The van der Waals surface area contributed by atoms with E-state index in [-0.39, 0.29) is 35.5 Å². The molecule has 36 heavy (non-hydrogen) atoms. The molecule has 0 bridgehead atoms. The van der Waals surface area contributed by atoms with Gasteiger partial charge in [-0.15, -0.1) is 0 Å². The summed E-state index contributed by atoms with van der Waals surface area (Å²) in [6.45, 7) is 9.73. The quantitative estimate of drug-likeness (QED) is 0.417. The van der Waals surface area contributed by atoms with Crippen molar-refractivity contribution in [2.24, 2.45) is 23.5 Å². The monoisotopic (exact) mass is 494 g/mol. The van der Waals surface area contributed by atoms with Gasteiger partial charge in [0.25, 0.3) is 0 Å². The van der Waals surface area contributed by atoms with Gasteiger partial charge in [0, 0.05) is 25.4 Å². The van der Waals surface area contributed by atoms with Crippen LogP contribution in [0, 0.1) is 17.8 Å². The molecule has 2 aromatic rings. The van der Waals surface area contributed by atoms with E-state index >= 15 is 0 Å². The molecule has 3 rings (SSSR count). The lowest BCUT2D eigenvalue weighted by Gasteiger charge is -2.32. The molecule has 2 unspecified atom stereocenters. The highest BCUT2D eigenvalue weighted by Gasteiger charge is 2.39. The second kappa shape index (κ2) is 12.9. The molecule has 1 aliphatic rings. The van der Waals surface area contributed by atoms with Crippen molar-refractivity contribution in [3.63, 3.8) is 0 Å². The van der Waals surface area contributed by atoms with Crippen molar-refractivity contribution in [3.8, 4) is 0 Å². The minimum atomic E-state index is -0.736. The number of carbonyl (C=O) groups excluding carboxylic acids is 3. The van der Waals surface area contributed by atoms with Gasteiger partial charge in [-0.2, -0.15) is 0 Å². The van der Waals surface area contributed by atoms with E-state index in [2.05, 4.69) is 44.4 Å². The SMILES string of the molecule is CC(C)C(C(=O)N1CCCC1C(=O)NC(Cc1ccc2ccccc2c1)C(=O)NCCCN)C(C)C. The number of nitrogens with one attached hydrogen (secondary N) is 2. The molecule has 0 aliphatic carbocycles. The van der Waals surface area contributed by atoms with Gasteiger partial charge < -0.3 is 21.3 Å². The van der Waals surface area contributed by atoms with Gasteiger partial charge >= 0.3 is 0 Å². The molecule has 1 aliphatic heterocycles. The number of hydrogen-bond donors (Lipinski definition) is 3. The molecule has 4 N–H and O–H groups in total. The molecule has 0 saturated carbocycles. The van der Waals surface area contributed by atoms with E-state index in [1.807, 2.05) is 36.4 Å². The minimum absolute atomic E-state index is 0.0381. The highest BCUT2D eigenvalue weighted by atomic mass is 16.2. The standard InChI is InChI=1S/C29H42N4O3/c1-19(2)26(20(3)4)29(36)33-16-7-11-25(33)28(35)32-24(27(34)31-15-8-14-30)18-21-12-13-22-9-5-6-10-23(22)17-21/h5-6,9-10,12-13,17,19-20,24-26H,7-8,11,14-16,18,30H2,1-4H3,(H,31,34)(H,32,35). The summed E-state index contributed by atoms with van der Waals surface area (Å²) in [5.74, 6) is -0.205. The first kappa shape index (κ1) is 27.7. The van der Waals surface area contributed by atoms with Crippen LogP contribution in [0.2, 0.25) is 0 Å². The van der Waals surface area contributed by atoms with Crippen LogP contribution in [0.5, 0.6) is 0 Å². The maximum Gasteiger partial charge on any atom is 0.243 e. The smallest absolute Gasteiger partial charge is 0.243 e. The Hall–Kier alpha value is -2.93. The zero-order chi connectivity index (χ0) is 26.2. The van der Waals surface area contributed by atoms with Crippen molar-refractivity contribution in [3.05, 3.63) is 48.0 Å². The topological polar surface area (TPSA) is 105 Å². The van der Waals surface area contributed by atoms with Crippen molar-refractivity contribution >= 4 is 28.5 Å². The Morgan fingerprint density at radius 3 is 2.39 bits per heavy atom. The number of carbonyl (C=O) groups is 3. The number of benzene rings is 2. The average molecular weight is 495 g/mol. The van der Waals surface area contributed by atoms with Crippen LogP contribution in [-0.4, -0.2) is 54.3 Å². The van der Waals surface area contributed by atoms with Crippen LogP contribution in [0.4, 0.5) is 0 Å². The molecule has 3 amide bonds. The van der Waals surface area contributed by atoms with Gasteiger partial charge in [0.05, 0.1) is 0 Å². The Labute approximate surface area is 215 Å². The Balaban J connectivity index is 1.78. The van der Waals surface area contributed by atoms with Gasteiger partial charge in [-0.3, -0.25) is 14.4 Å². The minimum Gasteiger partial charge on any atom is -0.354 e. The van der Waals surface area contributed by atoms with Crippen LogP contribution in [0.15, 0.2) is 42.5 Å². The van der Waals surface area contributed by atoms with Gasteiger partial charge in [-0.25, -0.2) is 0 Å². The first-order valence-corrected chi connectivity index (χ1v) is 13.3. The van der Waals surface area contributed by atoms with Crippen LogP contribution in [0.25, 0.3) is 10.8 Å². The molecule has 2 aromatic carbocycles. The van der Waals surface area contributed by atoms with E-state index in [4.69, 9.17) is 5.73 Å². The lowest BCUT2D eigenvalue weighted by atomic mass is 9.84. The van der Waals surface area contributed by atoms with Gasteiger partial charge in [0.2, 0.25) is 17.7 Å². The summed E-state index contributed by atoms with van der Waals surface area (Å²) in [7, 11) is 0. The first-order valence-electron chi connectivity index (χ1n) is 13.3. The third kappa shape index (κ3) is 6.84. The molecule has 1 fully saturated rings. The highest BCUT2D eigenvalue weighted by molar-refractivity contribution is 5.93. The van der Waals surface area contributed by atoms with Gasteiger partial charge in [0.15, 0.2) is 0 Å². The Morgan fingerprint density at radius 1 is 1.03 bits per heavy atom. The van der Waals surface area contributed by atoms with Gasteiger partial charge in [0.1, 0.15) is 12.1 Å². The molecule has 0 aromatic heterocycles. The zero-order valence-corrected chi connectivity index (χ0v) is 22.1. The number of likely N-dealkylation sites (tertiary alicyclic amines) is 1. The Bertz CT molecular complexity index is 1040. The molecule has 1 heterocycles. The van der Waals surface area contributed by atoms with Crippen molar-refractivity contribution < 1.29 is 14.4 Å². The van der Waals surface area contributed by atoms with Crippen LogP contribution in [0.3, 0.4) is 0 Å². The summed E-state index contributed by atoms with van der Waals surface area (Å²) in [4.78, 5) is 41.7. The molecule has 1 saturated heterocycles. The normalized spacial score (nSPS) is 16.7. The molecular formula is C29H42N4O3. The van der Waals surface area contributed by atoms with Crippen LogP contribution in [-0.2, 0) is 20.8 Å². The lowest BCUT2D eigenvalue weighted by molar-refractivity contribution is -0.144. The molecule has 0 spiro atoms. The molecule has 0 radical (unpaired) electrons. The highest BCUT2D eigenvalue weighted by Crippen LogP contribution is 2.28. The number of nitrogens with zero attached hydrogens (tertiary/aromatic N) is 1. The molecular weight excluding hydrogens is 452 g/mol. The zero-order valence-electron chi connectivity index (χ0n) is 22.1. The third-order valence-corrected chi connectivity index (χ3v) is 7.13. The summed E-state index contributed by atoms with van der Waals surface area (Å²) >= 11 is 0. The van der Waals surface area contributed by atoms with E-state index < -0.39 is 12.1 Å². The third-order valence-electron chi connectivity index (χ3n) is 7.13. The van der Waals surface area contributed by atoms with Crippen LogP contribution in [0.1, 0.15) is 52.5 Å². The molecule has 196 valence electrons. The first-order chi connectivity index (χ1) is 17.2. The number of hydrogen-bond acceptors (Lipinski definition) is 4. The maximum atomic E-state index is 13.5. The Kier molecular flexibility index (Phi) is 9.88. The number of amides is 3. The second-order valence-electron chi connectivity index (χ2n) is 10.6. The number of rotatable bonds is 11. The number of nitrogens with two attached hydrogens (primary N) is 1. The summed E-state index contributed by atoms with van der Waals surface area (Å²) in [5.41, 5.74) is 6.55. The van der Waals surface area contributed by atoms with Crippen molar-refractivity contribution in [2.45, 2.75) is 65.5 Å². The maximum absolute atomic E-state index is 13.5. The van der Waals surface area contributed by atoms with Gasteiger partial charge in [-0.05, 0) is 54.0 Å². The molecule has 7 nitrogen and oxygen atoms in total. The fourth-order valence-corrected chi connectivity index (χ4v) is 5.35.